The van der Waals surface area contributed by atoms with Gasteiger partial charge in [0.25, 0.3) is 0 Å². The minimum Gasteiger partial charge on any atom is -0.310 e. The van der Waals surface area contributed by atoms with E-state index in [-0.39, 0.29) is 0 Å². The molecule has 0 aliphatic rings. The smallest absolute Gasteiger partial charge is 0.0562 e. The average Bonchev–Trinajstić information content (AvgIpc) is 3.91. The van der Waals surface area contributed by atoms with Crippen LogP contribution in [-0.2, 0) is 0 Å². The van der Waals surface area contributed by atoms with Crippen molar-refractivity contribution in [3.05, 3.63) is 243 Å². The second-order valence-corrected chi connectivity index (χ2v) is 17.1. The average molecular weight is 821 g/mol. The van der Waals surface area contributed by atoms with Gasteiger partial charge in [0.15, 0.2) is 0 Å². The molecule has 0 fully saturated rings. The van der Waals surface area contributed by atoms with Crippen LogP contribution in [0.3, 0.4) is 0 Å². The monoisotopic (exact) mass is 820 g/mol. The Morgan fingerprint density at radius 2 is 0.794 bits per heavy atom. The molecule has 0 aliphatic heterocycles. The lowest BCUT2D eigenvalue weighted by molar-refractivity contribution is 1.18. The van der Waals surface area contributed by atoms with E-state index in [1.165, 1.54) is 81.0 Å². The fourth-order valence-electron chi connectivity index (χ4n) is 9.49. The summed E-state index contributed by atoms with van der Waals surface area (Å²) in [5.74, 6) is 0. The summed E-state index contributed by atoms with van der Waals surface area (Å²) in [6, 6.07) is 88.3. The summed E-state index contributed by atoms with van der Waals surface area (Å²) < 4.78 is 5.10. The SMILES string of the molecule is c1ccc(-c2ccc(N(c3ccc(-c4ccccc4-c4ccccc4)cc3)c3ccc4c5ccccc5n(-c5ccccc5-c5cccc6c5sc5ccccc56)c4c3)cc2)cc1. The molecule has 2 heterocycles. The largest absolute Gasteiger partial charge is 0.310 e. The number of para-hydroxylation sites is 2. The van der Waals surface area contributed by atoms with Crippen LogP contribution >= 0.6 is 11.3 Å². The number of hydrogen-bond acceptors (Lipinski definition) is 2. The van der Waals surface area contributed by atoms with E-state index in [1.807, 2.05) is 11.3 Å². The number of nitrogens with zero attached hydrogens (tertiary/aromatic N) is 2. The second-order valence-electron chi connectivity index (χ2n) is 16.1. The molecule has 63 heavy (non-hydrogen) atoms. The predicted octanol–water partition coefficient (Wildman–Crippen LogP) is 17.3. The van der Waals surface area contributed by atoms with Crippen LogP contribution in [0.2, 0.25) is 0 Å². The Morgan fingerprint density at radius 3 is 1.52 bits per heavy atom. The third-order valence-electron chi connectivity index (χ3n) is 12.4. The molecule has 0 amide bonds. The van der Waals surface area contributed by atoms with Gasteiger partial charge in [-0.3, -0.25) is 0 Å². The van der Waals surface area contributed by atoms with Crippen molar-refractivity contribution in [1.82, 2.24) is 4.57 Å². The van der Waals surface area contributed by atoms with Gasteiger partial charge in [-0.05, 0) is 88.0 Å². The van der Waals surface area contributed by atoms with Crippen molar-refractivity contribution in [2.24, 2.45) is 0 Å². The van der Waals surface area contributed by atoms with E-state index in [2.05, 4.69) is 252 Å². The third-order valence-corrected chi connectivity index (χ3v) is 13.7. The second kappa shape index (κ2) is 15.5. The molecule has 0 spiro atoms. The van der Waals surface area contributed by atoms with Gasteiger partial charge >= 0.3 is 0 Å². The van der Waals surface area contributed by atoms with Crippen molar-refractivity contribution in [2.75, 3.05) is 4.90 Å². The Hall–Kier alpha value is -7.98. The maximum absolute atomic E-state index is 2.48. The molecule has 3 heteroatoms. The number of aromatic nitrogens is 1. The maximum atomic E-state index is 2.48. The molecule has 0 aliphatic carbocycles. The summed E-state index contributed by atoms with van der Waals surface area (Å²) in [5.41, 5.74) is 16.4. The summed E-state index contributed by atoms with van der Waals surface area (Å²) in [4.78, 5) is 2.40. The minimum absolute atomic E-state index is 1.08. The molecule has 0 saturated heterocycles. The fraction of sp³-hybridized carbons (Fsp3) is 0. The molecule has 2 aromatic heterocycles. The first-order valence-corrected chi connectivity index (χ1v) is 22.3. The van der Waals surface area contributed by atoms with Gasteiger partial charge < -0.3 is 9.47 Å². The van der Waals surface area contributed by atoms with Crippen LogP contribution in [0.15, 0.2) is 243 Å². The molecule has 2 nitrogen and oxygen atoms in total. The van der Waals surface area contributed by atoms with Crippen LogP contribution in [0.4, 0.5) is 17.1 Å². The highest BCUT2D eigenvalue weighted by Crippen LogP contribution is 2.45. The van der Waals surface area contributed by atoms with Crippen molar-refractivity contribution in [3.8, 4) is 50.2 Å². The topological polar surface area (TPSA) is 8.17 Å². The first kappa shape index (κ1) is 36.8. The van der Waals surface area contributed by atoms with Gasteiger partial charge in [0.2, 0.25) is 0 Å². The highest BCUT2D eigenvalue weighted by molar-refractivity contribution is 7.26. The van der Waals surface area contributed by atoms with Crippen LogP contribution in [0.25, 0.3) is 92.2 Å². The van der Waals surface area contributed by atoms with E-state index >= 15 is 0 Å². The molecular weight excluding hydrogens is 781 g/mol. The molecular formula is C60H40N2S. The van der Waals surface area contributed by atoms with E-state index in [1.54, 1.807) is 0 Å². The van der Waals surface area contributed by atoms with Gasteiger partial charge in [-0.2, -0.15) is 0 Å². The van der Waals surface area contributed by atoms with Gasteiger partial charge in [-0.25, -0.2) is 0 Å². The fourth-order valence-corrected chi connectivity index (χ4v) is 10.7. The first-order chi connectivity index (χ1) is 31.3. The van der Waals surface area contributed by atoms with Crippen molar-refractivity contribution in [2.45, 2.75) is 0 Å². The highest BCUT2D eigenvalue weighted by atomic mass is 32.1. The molecule has 296 valence electrons. The number of rotatable bonds is 8. The molecule has 12 rings (SSSR count). The predicted molar refractivity (Wildman–Crippen MR) is 270 cm³/mol. The number of fused-ring (bicyclic) bond motifs is 6. The quantitative estimate of drug-likeness (QED) is 0.148. The van der Waals surface area contributed by atoms with Gasteiger partial charge in [0.1, 0.15) is 0 Å². The molecule has 0 unspecified atom stereocenters. The standard InChI is InChI=1S/C60H40N2S/c1-3-16-41(17-4-1)42-30-34-45(35-31-42)61(46-36-32-44(33-37-46)49-21-8-7-20-48(49)43-18-5-2-6-19-43)47-38-39-52-50-22-9-12-27-56(50)62(58(52)40-47)57-28-13-10-23-51(57)54-25-15-26-55-53-24-11-14-29-59(53)63-60(54)55/h1-40H. The zero-order valence-electron chi connectivity index (χ0n) is 34.4. The lowest BCUT2D eigenvalue weighted by Gasteiger charge is -2.26. The lowest BCUT2D eigenvalue weighted by Crippen LogP contribution is -2.10. The lowest BCUT2D eigenvalue weighted by atomic mass is 9.94. The summed E-state index contributed by atoms with van der Waals surface area (Å²) >= 11 is 1.88. The summed E-state index contributed by atoms with van der Waals surface area (Å²) in [7, 11) is 0. The molecule has 0 atom stereocenters. The zero-order chi connectivity index (χ0) is 41.7. The van der Waals surface area contributed by atoms with Crippen LogP contribution in [0.5, 0.6) is 0 Å². The Morgan fingerprint density at radius 1 is 0.302 bits per heavy atom. The van der Waals surface area contributed by atoms with E-state index in [9.17, 15) is 0 Å². The normalized spacial score (nSPS) is 11.5. The van der Waals surface area contributed by atoms with E-state index in [0.29, 0.717) is 0 Å². The van der Waals surface area contributed by atoms with Gasteiger partial charge in [-0.15, -0.1) is 11.3 Å². The van der Waals surface area contributed by atoms with Gasteiger partial charge in [0, 0.05) is 59.1 Å². The molecule has 0 N–H and O–H groups in total. The zero-order valence-corrected chi connectivity index (χ0v) is 35.2. The number of thiophene rings is 1. The first-order valence-electron chi connectivity index (χ1n) is 21.5. The Kier molecular flexibility index (Phi) is 9.06. The Balaban J connectivity index is 1.04. The molecule has 0 radical (unpaired) electrons. The van der Waals surface area contributed by atoms with Gasteiger partial charge in [0.05, 0.1) is 16.7 Å². The van der Waals surface area contributed by atoms with Crippen molar-refractivity contribution in [3.63, 3.8) is 0 Å². The molecule has 0 bridgehead atoms. The van der Waals surface area contributed by atoms with Crippen molar-refractivity contribution in [1.29, 1.82) is 0 Å². The van der Waals surface area contributed by atoms with E-state index in [0.717, 1.165) is 28.3 Å². The Labute approximate surface area is 370 Å². The minimum atomic E-state index is 1.08. The van der Waals surface area contributed by atoms with Crippen LogP contribution < -0.4 is 4.90 Å². The number of benzene rings is 10. The summed E-state index contributed by atoms with van der Waals surface area (Å²) in [5, 5.41) is 5.06. The molecule has 12 aromatic rings. The third kappa shape index (κ3) is 6.41. The number of hydrogen-bond donors (Lipinski definition) is 0. The molecule has 0 saturated carbocycles. The summed E-state index contributed by atoms with van der Waals surface area (Å²) in [6.07, 6.45) is 0. The van der Waals surface area contributed by atoms with Crippen LogP contribution in [0.1, 0.15) is 0 Å². The van der Waals surface area contributed by atoms with Crippen LogP contribution in [-0.4, -0.2) is 4.57 Å². The van der Waals surface area contributed by atoms with E-state index < -0.39 is 0 Å². The number of anilines is 3. The maximum Gasteiger partial charge on any atom is 0.0562 e. The van der Waals surface area contributed by atoms with Crippen molar-refractivity contribution < 1.29 is 0 Å². The van der Waals surface area contributed by atoms with Gasteiger partial charge in [-0.1, -0.05) is 188 Å². The van der Waals surface area contributed by atoms with E-state index in [4.69, 9.17) is 0 Å². The Bertz CT molecular complexity index is 3600. The summed E-state index contributed by atoms with van der Waals surface area (Å²) in [6.45, 7) is 0. The van der Waals surface area contributed by atoms with Crippen LogP contribution in [0, 0.1) is 0 Å². The highest BCUT2D eigenvalue weighted by Gasteiger charge is 2.21. The molecule has 10 aromatic carbocycles. The van der Waals surface area contributed by atoms with Crippen molar-refractivity contribution >= 4 is 70.4 Å².